The van der Waals surface area contributed by atoms with Crippen LogP contribution in [0.15, 0.2) is 16.2 Å². The van der Waals surface area contributed by atoms with Crippen LogP contribution in [0.3, 0.4) is 0 Å². The molecule has 0 unspecified atom stereocenters. The maximum Gasteiger partial charge on any atom is 0.197 e. The lowest BCUT2D eigenvalue weighted by molar-refractivity contribution is 0.590. The van der Waals surface area contributed by atoms with Gasteiger partial charge in [-0.25, -0.2) is 9.97 Å². The van der Waals surface area contributed by atoms with E-state index in [1.807, 2.05) is 6.07 Å². The van der Waals surface area contributed by atoms with Crippen LogP contribution < -0.4 is 0 Å². The average molecular weight is 322 g/mol. The van der Waals surface area contributed by atoms with Crippen molar-refractivity contribution in [1.29, 1.82) is 0 Å². The summed E-state index contributed by atoms with van der Waals surface area (Å²) in [6.45, 7) is 0.999. The zero-order valence-electron chi connectivity index (χ0n) is 11.6. The van der Waals surface area contributed by atoms with Crippen molar-refractivity contribution >= 4 is 23.4 Å². The molecule has 1 aliphatic heterocycles. The van der Waals surface area contributed by atoms with Crippen LogP contribution in [-0.2, 0) is 13.0 Å². The first-order chi connectivity index (χ1) is 10.3. The van der Waals surface area contributed by atoms with Crippen molar-refractivity contribution < 1.29 is 0 Å². The third-order valence-electron chi connectivity index (χ3n) is 3.90. The number of hydrogen-bond donors (Lipinski definition) is 0. The standard InChI is InChI=1S/C14H16ClN5S/c15-10-8-12(17-13(16-10)9-5-6-9)21-14-19-18-11-4-2-1-3-7-20(11)14/h8-9H,1-7H2. The first-order valence-corrected chi connectivity index (χ1v) is 8.63. The van der Waals surface area contributed by atoms with E-state index in [0.717, 1.165) is 34.8 Å². The Kier molecular flexibility index (Phi) is 3.59. The molecule has 1 fully saturated rings. The third-order valence-corrected chi connectivity index (χ3v) is 5.00. The van der Waals surface area contributed by atoms with Crippen LogP contribution >= 0.6 is 23.4 Å². The number of aryl methyl sites for hydroxylation is 1. The monoisotopic (exact) mass is 321 g/mol. The maximum absolute atomic E-state index is 6.12. The van der Waals surface area contributed by atoms with E-state index in [4.69, 9.17) is 11.6 Å². The number of rotatable bonds is 3. The van der Waals surface area contributed by atoms with Gasteiger partial charge >= 0.3 is 0 Å². The molecule has 0 radical (unpaired) electrons. The average Bonchev–Trinajstić information content (AvgIpc) is 3.27. The van der Waals surface area contributed by atoms with Crippen molar-refractivity contribution in [2.24, 2.45) is 0 Å². The molecule has 3 heterocycles. The molecule has 1 saturated carbocycles. The van der Waals surface area contributed by atoms with Crippen molar-refractivity contribution in [1.82, 2.24) is 24.7 Å². The van der Waals surface area contributed by atoms with Gasteiger partial charge in [0, 0.05) is 24.9 Å². The minimum Gasteiger partial charge on any atom is -0.306 e. The lowest BCUT2D eigenvalue weighted by Gasteiger charge is -2.07. The van der Waals surface area contributed by atoms with Crippen LogP contribution in [0.25, 0.3) is 0 Å². The number of hydrogen-bond acceptors (Lipinski definition) is 5. The Morgan fingerprint density at radius 2 is 2.05 bits per heavy atom. The smallest absolute Gasteiger partial charge is 0.197 e. The second-order valence-electron chi connectivity index (χ2n) is 5.62. The predicted octanol–water partition coefficient (Wildman–Crippen LogP) is 3.48. The molecule has 2 aromatic heterocycles. The molecule has 0 bridgehead atoms. The van der Waals surface area contributed by atoms with Gasteiger partial charge in [-0.2, -0.15) is 0 Å². The van der Waals surface area contributed by atoms with Crippen LogP contribution in [0.2, 0.25) is 5.15 Å². The SMILES string of the molecule is Clc1cc(Sc2nnc3n2CCCCC3)nc(C2CC2)n1. The van der Waals surface area contributed by atoms with E-state index in [2.05, 4.69) is 24.7 Å². The van der Waals surface area contributed by atoms with Crippen molar-refractivity contribution in [2.45, 2.75) is 61.2 Å². The van der Waals surface area contributed by atoms with E-state index in [1.165, 1.54) is 32.1 Å². The Morgan fingerprint density at radius 3 is 2.90 bits per heavy atom. The van der Waals surface area contributed by atoms with Gasteiger partial charge in [-0.3, -0.25) is 0 Å². The Labute approximate surface area is 132 Å². The van der Waals surface area contributed by atoms with Gasteiger partial charge in [0.15, 0.2) is 5.16 Å². The highest BCUT2D eigenvalue weighted by Crippen LogP contribution is 2.39. The minimum absolute atomic E-state index is 0.499. The molecule has 0 atom stereocenters. The van der Waals surface area contributed by atoms with E-state index < -0.39 is 0 Å². The maximum atomic E-state index is 6.12. The fraction of sp³-hybridized carbons (Fsp3) is 0.571. The molecule has 2 aromatic rings. The number of aromatic nitrogens is 5. The summed E-state index contributed by atoms with van der Waals surface area (Å²) in [5.41, 5.74) is 0. The fourth-order valence-corrected chi connectivity index (χ4v) is 3.76. The molecule has 21 heavy (non-hydrogen) atoms. The van der Waals surface area contributed by atoms with Crippen molar-refractivity contribution in [2.75, 3.05) is 0 Å². The second-order valence-corrected chi connectivity index (χ2v) is 7.00. The van der Waals surface area contributed by atoms with Crippen LogP contribution in [-0.4, -0.2) is 24.7 Å². The summed E-state index contributed by atoms with van der Waals surface area (Å²) in [5, 5.41) is 11.0. The molecule has 110 valence electrons. The van der Waals surface area contributed by atoms with Crippen LogP contribution in [0, 0.1) is 0 Å². The zero-order valence-corrected chi connectivity index (χ0v) is 13.2. The number of halogens is 1. The first-order valence-electron chi connectivity index (χ1n) is 7.44. The Bertz CT molecular complexity index is 667. The van der Waals surface area contributed by atoms with Gasteiger partial charge in [0.25, 0.3) is 0 Å². The Balaban J connectivity index is 1.62. The number of nitrogens with zero attached hydrogens (tertiary/aromatic N) is 5. The fourth-order valence-electron chi connectivity index (χ4n) is 2.62. The summed E-state index contributed by atoms with van der Waals surface area (Å²) < 4.78 is 2.23. The molecule has 0 spiro atoms. The van der Waals surface area contributed by atoms with Gasteiger partial charge in [0.1, 0.15) is 21.8 Å². The quantitative estimate of drug-likeness (QED) is 0.810. The summed E-state index contributed by atoms with van der Waals surface area (Å²) in [6, 6.07) is 1.82. The topological polar surface area (TPSA) is 56.5 Å². The van der Waals surface area contributed by atoms with Gasteiger partial charge in [-0.05, 0) is 37.4 Å². The Morgan fingerprint density at radius 1 is 1.14 bits per heavy atom. The third kappa shape index (κ3) is 2.92. The Hall–Kier alpha value is -1.14. The van der Waals surface area contributed by atoms with Gasteiger partial charge in [-0.15, -0.1) is 10.2 Å². The molecule has 7 heteroatoms. The summed E-state index contributed by atoms with van der Waals surface area (Å²) in [6.07, 6.45) is 7.02. The molecule has 5 nitrogen and oxygen atoms in total. The predicted molar refractivity (Wildman–Crippen MR) is 80.7 cm³/mol. The highest BCUT2D eigenvalue weighted by atomic mass is 35.5. The van der Waals surface area contributed by atoms with Crippen molar-refractivity contribution in [3.63, 3.8) is 0 Å². The second kappa shape index (κ2) is 5.57. The number of fused-ring (bicyclic) bond motifs is 1. The van der Waals surface area contributed by atoms with Crippen LogP contribution in [0.1, 0.15) is 49.7 Å². The summed E-state index contributed by atoms with van der Waals surface area (Å²) in [4.78, 5) is 8.95. The van der Waals surface area contributed by atoms with E-state index in [1.54, 1.807) is 11.8 Å². The molecule has 4 rings (SSSR count). The van der Waals surface area contributed by atoms with Crippen molar-refractivity contribution in [3.05, 3.63) is 22.9 Å². The van der Waals surface area contributed by atoms with Gasteiger partial charge in [-0.1, -0.05) is 18.0 Å². The molecular formula is C14H16ClN5S. The summed E-state index contributed by atoms with van der Waals surface area (Å²) in [7, 11) is 0. The minimum atomic E-state index is 0.499. The summed E-state index contributed by atoms with van der Waals surface area (Å²) in [5.74, 6) is 2.47. The molecule has 0 saturated heterocycles. The van der Waals surface area contributed by atoms with Crippen LogP contribution in [0.5, 0.6) is 0 Å². The van der Waals surface area contributed by atoms with E-state index in [-0.39, 0.29) is 0 Å². The van der Waals surface area contributed by atoms with E-state index >= 15 is 0 Å². The molecule has 2 aliphatic rings. The molecule has 0 aromatic carbocycles. The van der Waals surface area contributed by atoms with Gasteiger partial charge in [0.05, 0.1) is 0 Å². The largest absolute Gasteiger partial charge is 0.306 e. The lowest BCUT2D eigenvalue weighted by Crippen LogP contribution is -2.02. The highest BCUT2D eigenvalue weighted by molar-refractivity contribution is 7.99. The normalized spacial score (nSPS) is 18.3. The van der Waals surface area contributed by atoms with E-state index in [9.17, 15) is 0 Å². The highest BCUT2D eigenvalue weighted by Gasteiger charge is 2.27. The van der Waals surface area contributed by atoms with E-state index in [0.29, 0.717) is 11.1 Å². The zero-order chi connectivity index (χ0) is 14.2. The molecule has 1 aliphatic carbocycles. The summed E-state index contributed by atoms with van der Waals surface area (Å²) >= 11 is 7.67. The molecule has 0 amide bonds. The van der Waals surface area contributed by atoms with Crippen molar-refractivity contribution in [3.8, 4) is 0 Å². The first kappa shape index (κ1) is 13.5. The van der Waals surface area contributed by atoms with Crippen LogP contribution in [0.4, 0.5) is 0 Å². The van der Waals surface area contributed by atoms with Gasteiger partial charge < -0.3 is 4.57 Å². The van der Waals surface area contributed by atoms with Gasteiger partial charge in [0.2, 0.25) is 0 Å². The molecule has 0 N–H and O–H groups in total. The molecular weight excluding hydrogens is 306 g/mol. The lowest BCUT2D eigenvalue weighted by atomic mass is 10.2.